The first-order chi connectivity index (χ1) is 11.4. The highest BCUT2D eigenvalue weighted by Gasteiger charge is 2.27. The van der Waals surface area contributed by atoms with Crippen LogP contribution >= 0.6 is 0 Å². The minimum Gasteiger partial charge on any atom is -0.507 e. The molecule has 1 saturated heterocycles. The molecule has 1 aliphatic heterocycles. The second-order valence-electron chi connectivity index (χ2n) is 6.26. The molecule has 2 N–H and O–H groups in total. The highest BCUT2D eigenvalue weighted by Crippen LogP contribution is 2.29. The first-order valence-corrected chi connectivity index (χ1v) is 9.93. The number of hydrogen-bond donors (Lipinski definition) is 2. The zero-order chi connectivity index (χ0) is 17.3. The SMILES string of the molecule is CCCc1cc(=O)oc2c(CN[C@H]3CCS(=O)(=O)C3)c(O)ccc12. The number of fused-ring (bicyclic) bond motifs is 1. The van der Waals surface area contributed by atoms with E-state index in [2.05, 4.69) is 5.32 Å². The highest BCUT2D eigenvalue weighted by molar-refractivity contribution is 7.91. The molecule has 130 valence electrons. The van der Waals surface area contributed by atoms with Crippen molar-refractivity contribution >= 4 is 20.8 Å². The Bertz CT molecular complexity index is 916. The van der Waals surface area contributed by atoms with Gasteiger partial charge in [0.15, 0.2) is 9.84 Å². The molecule has 2 aromatic rings. The predicted molar refractivity (Wildman–Crippen MR) is 92.0 cm³/mol. The molecule has 7 heteroatoms. The van der Waals surface area contributed by atoms with Crippen LogP contribution < -0.4 is 10.9 Å². The second-order valence-corrected chi connectivity index (χ2v) is 8.49. The van der Waals surface area contributed by atoms with Crippen LogP contribution in [0.3, 0.4) is 0 Å². The average molecular weight is 351 g/mol. The molecule has 0 spiro atoms. The third kappa shape index (κ3) is 3.47. The summed E-state index contributed by atoms with van der Waals surface area (Å²) in [5.74, 6) is 0.318. The number of phenolic OH excluding ortho intramolecular Hbond substituents is 1. The molecule has 2 heterocycles. The van der Waals surface area contributed by atoms with E-state index in [0.717, 1.165) is 23.8 Å². The lowest BCUT2D eigenvalue weighted by molar-refractivity contribution is 0.455. The normalized spacial score (nSPS) is 19.8. The summed E-state index contributed by atoms with van der Waals surface area (Å²) in [6.07, 6.45) is 2.20. The summed E-state index contributed by atoms with van der Waals surface area (Å²) >= 11 is 0. The Morgan fingerprint density at radius 2 is 2.17 bits per heavy atom. The maximum Gasteiger partial charge on any atom is 0.336 e. The number of aromatic hydroxyl groups is 1. The summed E-state index contributed by atoms with van der Waals surface area (Å²) in [6.45, 7) is 2.28. The lowest BCUT2D eigenvalue weighted by Gasteiger charge is -2.14. The molecule has 6 nitrogen and oxygen atoms in total. The quantitative estimate of drug-likeness (QED) is 0.797. The Balaban J connectivity index is 1.95. The molecule has 0 amide bonds. The van der Waals surface area contributed by atoms with Crippen LogP contribution in [0.2, 0.25) is 0 Å². The molecule has 1 atom stereocenters. The fourth-order valence-electron chi connectivity index (χ4n) is 3.19. The van der Waals surface area contributed by atoms with Gasteiger partial charge in [0.1, 0.15) is 11.3 Å². The van der Waals surface area contributed by atoms with Crippen LogP contribution in [-0.4, -0.2) is 31.1 Å². The molecule has 1 fully saturated rings. The maximum atomic E-state index is 11.8. The molecule has 3 rings (SSSR count). The number of benzene rings is 1. The smallest absolute Gasteiger partial charge is 0.336 e. The van der Waals surface area contributed by atoms with Crippen LogP contribution in [0.1, 0.15) is 30.9 Å². The van der Waals surface area contributed by atoms with Gasteiger partial charge in [0.2, 0.25) is 0 Å². The number of nitrogens with one attached hydrogen (secondary N) is 1. The van der Waals surface area contributed by atoms with Crippen LogP contribution in [0.25, 0.3) is 11.0 Å². The molecule has 1 aromatic carbocycles. The third-order valence-electron chi connectivity index (χ3n) is 4.40. The summed E-state index contributed by atoms with van der Waals surface area (Å²) < 4.78 is 28.4. The second kappa shape index (κ2) is 6.57. The van der Waals surface area contributed by atoms with E-state index in [-0.39, 0.29) is 29.8 Å². The van der Waals surface area contributed by atoms with Crippen LogP contribution in [-0.2, 0) is 22.8 Å². The van der Waals surface area contributed by atoms with E-state index in [1.807, 2.05) is 6.92 Å². The molecule has 0 aliphatic carbocycles. The van der Waals surface area contributed by atoms with E-state index in [1.54, 1.807) is 12.1 Å². The minimum atomic E-state index is -2.97. The van der Waals surface area contributed by atoms with Gasteiger partial charge in [0.25, 0.3) is 0 Å². The van der Waals surface area contributed by atoms with Crippen LogP contribution in [0.5, 0.6) is 5.75 Å². The summed E-state index contributed by atoms with van der Waals surface area (Å²) in [5, 5.41) is 14.1. The first-order valence-electron chi connectivity index (χ1n) is 8.11. The number of hydrogen-bond acceptors (Lipinski definition) is 6. The zero-order valence-corrected chi connectivity index (χ0v) is 14.4. The van der Waals surface area contributed by atoms with E-state index in [0.29, 0.717) is 17.6 Å². The van der Waals surface area contributed by atoms with Crippen molar-refractivity contribution in [2.75, 3.05) is 11.5 Å². The van der Waals surface area contributed by atoms with E-state index in [1.165, 1.54) is 6.07 Å². The molecule has 1 aliphatic rings. The van der Waals surface area contributed by atoms with Gasteiger partial charge in [-0.2, -0.15) is 0 Å². The fourth-order valence-corrected chi connectivity index (χ4v) is 4.89. The molecule has 0 unspecified atom stereocenters. The summed E-state index contributed by atoms with van der Waals surface area (Å²) in [4.78, 5) is 11.8. The van der Waals surface area contributed by atoms with E-state index < -0.39 is 15.5 Å². The number of phenols is 1. The van der Waals surface area contributed by atoms with Gasteiger partial charge in [-0.05, 0) is 30.5 Å². The van der Waals surface area contributed by atoms with Gasteiger partial charge in [-0.15, -0.1) is 0 Å². The van der Waals surface area contributed by atoms with Crippen LogP contribution in [0.15, 0.2) is 27.4 Å². The number of rotatable bonds is 5. The van der Waals surface area contributed by atoms with Crippen molar-refractivity contribution in [2.45, 2.75) is 38.8 Å². The summed E-state index contributed by atoms with van der Waals surface area (Å²) in [5.41, 5.74) is 1.32. The Kier molecular flexibility index (Phi) is 4.64. The van der Waals surface area contributed by atoms with Gasteiger partial charge < -0.3 is 14.8 Å². The van der Waals surface area contributed by atoms with Crippen LogP contribution in [0.4, 0.5) is 0 Å². The van der Waals surface area contributed by atoms with Crippen molar-refractivity contribution in [2.24, 2.45) is 0 Å². The lowest BCUT2D eigenvalue weighted by Crippen LogP contribution is -2.29. The van der Waals surface area contributed by atoms with Crippen molar-refractivity contribution in [3.63, 3.8) is 0 Å². The summed E-state index contributed by atoms with van der Waals surface area (Å²) in [7, 11) is -2.97. The highest BCUT2D eigenvalue weighted by atomic mass is 32.2. The molecule has 0 bridgehead atoms. The third-order valence-corrected chi connectivity index (χ3v) is 6.16. The number of sulfone groups is 1. The number of aryl methyl sites for hydroxylation is 1. The molecule has 1 aromatic heterocycles. The molecule has 0 radical (unpaired) electrons. The molecule has 0 saturated carbocycles. The minimum absolute atomic E-state index is 0.0349. The lowest BCUT2D eigenvalue weighted by atomic mass is 10.0. The maximum absolute atomic E-state index is 11.8. The van der Waals surface area contributed by atoms with Gasteiger partial charge >= 0.3 is 5.63 Å². The van der Waals surface area contributed by atoms with E-state index >= 15 is 0 Å². The molecular weight excluding hydrogens is 330 g/mol. The van der Waals surface area contributed by atoms with E-state index in [9.17, 15) is 18.3 Å². The van der Waals surface area contributed by atoms with Crippen molar-refractivity contribution in [3.8, 4) is 5.75 Å². The Morgan fingerprint density at radius 3 is 2.83 bits per heavy atom. The van der Waals surface area contributed by atoms with Gasteiger partial charge in [-0.1, -0.05) is 13.3 Å². The largest absolute Gasteiger partial charge is 0.507 e. The van der Waals surface area contributed by atoms with Gasteiger partial charge in [-0.25, -0.2) is 13.2 Å². The topological polar surface area (TPSA) is 96.6 Å². The first kappa shape index (κ1) is 17.0. The standard InChI is InChI=1S/C17H21NO5S/c1-2-3-11-8-16(20)23-17-13(11)4-5-15(19)14(17)9-18-12-6-7-24(21,22)10-12/h4-5,8,12,18-19H,2-3,6-7,9-10H2,1H3/t12-/m0/s1. The van der Waals surface area contributed by atoms with Gasteiger partial charge in [-0.3, -0.25) is 0 Å². The van der Waals surface area contributed by atoms with Crippen LogP contribution in [0, 0.1) is 0 Å². The van der Waals surface area contributed by atoms with Crippen molar-refractivity contribution in [1.29, 1.82) is 0 Å². The summed E-state index contributed by atoms with van der Waals surface area (Å²) in [6, 6.07) is 4.69. The predicted octanol–water partition coefficient (Wildman–Crippen LogP) is 1.73. The Labute approximate surface area is 140 Å². The Morgan fingerprint density at radius 1 is 1.38 bits per heavy atom. The van der Waals surface area contributed by atoms with Crippen molar-refractivity contribution in [1.82, 2.24) is 5.32 Å². The van der Waals surface area contributed by atoms with Crippen molar-refractivity contribution in [3.05, 3.63) is 39.7 Å². The zero-order valence-electron chi connectivity index (χ0n) is 13.5. The Hall–Kier alpha value is -1.86. The van der Waals surface area contributed by atoms with Gasteiger partial charge in [0.05, 0.1) is 17.1 Å². The molecule has 24 heavy (non-hydrogen) atoms. The average Bonchev–Trinajstić information content (AvgIpc) is 2.85. The van der Waals surface area contributed by atoms with E-state index in [4.69, 9.17) is 4.42 Å². The monoisotopic (exact) mass is 351 g/mol. The van der Waals surface area contributed by atoms with Crippen molar-refractivity contribution < 1.29 is 17.9 Å². The van der Waals surface area contributed by atoms with Gasteiger partial charge in [0, 0.05) is 24.0 Å². The fraction of sp³-hybridized carbons (Fsp3) is 0.471. The molecular formula is C17H21NO5S.